The lowest BCUT2D eigenvalue weighted by molar-refractivity contribution is 0.00531. The molecule has 1 unspecified atom stereocenters. The van der Waals surface area contributed by atoms with E-state index in [9.17, 15) is 0 Å². The highest BCUT2D eigenvalue weighted by atomic mass is 32.2. The second-order valence-electron chi connectivity index (χ2n) is 5.03. The molecular formula is C15H23N3OS. The lowest BCUT2D eigenvalue weighted by Gasteiger charge is -2.31. The Balaban J connectivity index is 1.73. The maximum absolute atomic E-state index is 6.02. The molecule has 0 aliphatic carbocycles. The molecule has 1 saturated heterocycles. The topological polar surface area (TPSA) is 50.8 Å². The number of hydrogen-bond donors (Lipinski definition) is 1. The number of rotatable bonds is 4. The molecule has 1 heterocycles. The van der Waals surface area contributed by atoms with Gasteiger partial charge in [-0.1, -0.05) is 17.7 Å². The highest BCUT2D eigenvalue weighted by Crippen LogP contribution is 2.17. The molecule has 1 atom stereocenters. The van der Waals surface area contributed by atoms with Crippen LogP contribution < -0.4 is 5.73 Å². The zero-order valence-corrected chi connectivity index (χ0v) is 13.0. The van der Waals surface area contributed by atoms with Crippen LogP contribution in [0.1, 0.15) is 12.5 Å². The van der Waals surface area contributed by atoms with E-state index in [0.29, 0.717) is 5.96 Å². The number of thioether (sulfide) groups is 1. The van der Waals surface area contributed by atoms with E-state index in [4.69, 9.17) is 10.5 Å². The number of ether oxygens (including phenoxy) is 1. The molecule has 0 amide bonds. The van der Waals surface area contributed by atoms with E-state index in [1.165, 1.54) is 10.5 Å². The molecule has 110 valence electrons. The van der Waals surface area contributed by atoms with Crippen molar-refractivity contribution >= 4 is 17.7 Å². The van der Waals surface area contributed by atoms with E-state index >= 15 is 0 Å². The predicted octanol–water partition coefficient (Wildman–Crippen LogP) is 2.12. The summed E-state index contributed by atoms with van der Waals surface area (Å²) in [7, 11) is 0. The molecule has 0 bridgehead atoms. The predicted molar refractivity (Wildman–Crippen MR) is 85.4 cm³/mol. The van der Waals surface area contributed by atoms with Crippen molar-refractivity contribution in [2.45, 2.75) is 24.8 Å². The fourth-order valence-corrected chi connectivity index (χ4v) is 2.83. The summed E-state index contributed by atoms with van der Waals surface area (Å²) in [5, 5.41) is 0. The maximum Gasteiger partial charge on any atom is 0.191 e. The van der Waals surface area contributed by atoms with Gasteiger partial charge in [0.25, 0.3) is 0 Å². The number of aryl methyl sites for hydroxylation is 1. The van der Waals surface area contributed by atoms with Crippen LogP contribution in [0.5, 0.6) is 0 Å². The van der Waals surface area contributed by atoms with Crippen molar-refractivity contribution in [2.24, 2.45) is 10.7 Å². The standard InChI is InChI=1S/C15H23N3OS/c1-12-3-5-14(6-4-12)20-10-7-17-15(16)18-8-9-19-13(2)11-18/h3-6,13H,7-11H2,1-2H3,(H2,16,17). The molecule has 1 fully saturated rings. The summed E-state index contributed by atoms with van der Waals surface area (Å²) in [5.41, 5.74) is 7.31. The number of benzene rings is 1. The van der Waals surface area contributed by atoms with Gasteiger partial charge in [0.1, 0.15) is 0 Å². The van der Waals surface area contributed by atoms with Crippen LogP contribution in [0.15, 0.2) is 34.2 Å². The van der Waals surface area contributed by atoms with Crippen molar-refractivity contribution in [3.8, 4) is 0 Å². The third-order valence-electron chi connectivity index (χ3n) is 3.22. The van der Waals surface area contributed by atoms with Gasteiger partial charge >= 0.3 is 0 Å². The molecule has 2 N–H and O–H groups in total. The average molecular weight is 293 g/mol. The first-order valence-corrected chi connectivity index (χ1v) is 7.99. The molecule has 2 rings (SSSR count). The molecule has 1 aliphatic rings. The zero-order chi connectivity index (χ0) is 14.4. The van der Waals surface area contributed by atoms with Crippen molar-refractivity contribution in [1.82, 2.24) is 4.90 Å². The van der Waals surface area contributed by atoms with Gasteiger partial charge in [0, 0.05) is 23.7 Å². The number of aliphatic imine (C=N–C) groups is 1. The van der Waals surface area contributed by atoms with Gasteiger partial charge in [0.15, 0.2) is 5.96 Å². The lowest BCUT2D eigenvalue weighted by atomic mass is 10.2. The number of morpholine rings is 1. The van der Waals surface area contributed by atoms with Gasteiger partial charge in [0.05, 0.1) is 19.3 Å². The van der Waals surface area contributed by atoms with Crippen molar-refractivity contribution in [3.63, 3.8) is 0 Å². The molecule has 1 aromatic carbocycles. The summed E-state index contributed by atoms with van der Waals surface area (Å²) in [6.45, 7) is 7.31. The van der Waals surface area contributed by atoms with E-state index < -0.39 is 0 Å². The maximum atomic E-state index is 6.02. The van der Waals surface area contributed by atoms with Crippen LogP contribution in [0.25, 0.3) is 0 Å². The molecule has 0 aromatic heterocycles. The van der Waals surface area contributed by atoms with Gasteiger partial charge in [-0.25, -0.2) is 0 Å². The Morgan fingerprint density at radius 1 is 1.45 bits per heavy atom. The SMILES string of the molecule is Cc1ccc(SCCN=C(N)N2CCOC(C)C2)cc1. The molecule has 5 heteroatoms. The summed E-state index contributed by atoms with van der Waals surface area (Å²) in [5.74, 6) is 1.59. The quantitative estimate of drug-likeness (QED) is 0.400. The number of guanidine groups is 1. The Morgan fingerprint density at radius 3 is 2.90 bits per heavy atom. The monoisotopic (exact) mass is 293 g/mol. The highest BCUT2D eigenvalue weighted by molar-refractivity contribution is 7.99. The summed E-state index contributed by atoms with van der Waals surface area (Å²) in [6, 6.07) is 8.57. The average Bonchev–Trinajstić information content (AvgIpc) is 2.45. The Labute approximate surface area is 125 Å². The fraction of sp³-hybridized carbons (Fsp3) is 0.533. The molecule has 0 spiro atoms. The minimum Gasteiger partial charge on any atom is -0.375 e. The minimum absolute atomic E-state index is 0.236. The fourth-order valence-electron chi connectivity index (χ4n) is 2.08. The first-order chi connectivity index (χ1) is 9.65. The summed E-state index contributed by atoms with van der Waals surface area (Å²) < 4.78 is 5.49. The van der Waals surface area contributed by atoms with Gasteiger partial charge in [-0.3, -0.25) is 4.99 Å². The first kappa shape index (κ1) is 15.2. The van der Waals surface area contributed by atoms with Crippen LogP contribution >= 0.6 is 11.8 Å². The normalized spacial score (nSPS) is 20.2. The third kappa shape index (κ3) is 4.72. The van der Waals surface area contributed by atoms with Crippen LogP contribution in [-0.2, 0) is 4.74 Å². The molecule has 4 nitrogen and oxygen atoms in total. The van der Waals surface area contributed by atoms with Crippen LogP contribution in [0.4, 0.5) is 0 Å². The smallest absolute Gasteiger partial charge is 0.191 e. The van der Waals surface area contributed by atoms with E-state index in [0.717, 1.165) is 32.0 Å². The molecular weight excluding hydrogens is 270 g/mol. The van der Waals surface area contributed by atoms with Crippen molar-refractivity contribution in [1.29, 1.82) is 0 Å². The van der Waals surface area contributed by atoms with E-state index in [1.807, 2.05) is 11.8 Å². The third-order valence-corrected chi connectivity index (χ3v) is 4.21. The number of hydrogen-bond acceptors (Lipinski definition) is 3. The second kappa shape index (κ2) is 7.55. The van der Waals surface area contributed by atoms with Crippen molar-refractivity contribution in [3.05, 3.63) is 29.8 Å². The number of nitrogens with two attached hydrogens (primary N) is 1. The first-order valence-electron chi connectivity index (χ1n) is 7.01. The molecule has 0 radical (unpaired) electrons. The zero-order valence-electron chi connectivity index (χ0n) is 12.2. The molecule has 0 saturated carbocycles. The van der Waals surface area contributed by atoms with Crippen LogP contribution in [0, 0.1) is 6.92 Å². The van der Waals surface area contributed by atoms with E-state index in [2.05, 4.69) is 48.0 Å². The molecule has 1 aromatic rings. The largest absolute Gasteiger partial charge is 0.375 e. The van der Waals surface area contributed by atoms with Gasteiger partial charge in [-0.15, -0.1) is 11.8 Å². The van der Waals surface area contributed by atoms with Crippen molar-refractivity contribution in [2.75, 3.05) is 32.0 Å². The Bertz CT molecular complexity index is 447. The van der Waals surface area contributed by atoms with E-state index in [1.54, 1.807) is 0 Å². The highest BCUT2D eigenvalue weighted by Gasteiger charge is 2.17. The molecule has 1 aliphatic heterocycles. The Kier molecular flexibility index (Phi) is 5.73. The second-order valence-corrected chi connectivity index (χ2v) is 6.20. The molecule has 20 heavy (non-hydrogen) atoms. The van der Waals surface area contributed by atoms with Gasteiger partial charge in [-0.2, -0.15) is 0 Å². The van der Waals surface area contributed by atoms with Gasteiger partial charge in [-0.05, 0) is 26.0 Å². The summed E-state index contributed by atoms with van der Waals surface area (Å²) in [4.78, 5) is 7.84. The van der Waals surface area contributed by atoms with Gasteiger partial charge in [0.2, 0.25) is 0 Å². The Morgan fingerprint density at radius 2 is 2.20 bits per heavy atom. The van der Waals surface area contributed by atoms with Crippen LogP contribution in [0.2, 0.25) is 0 Å². The number of nitrogens with zero attached hydrogens (tertiary/aromatic N) is 2. The Hall–Kier alpha value is -1.20. The van der Waals surface area contributed by atoms with Gasteiger partial charge < -0.3 is 15.4 Å². The van der Waals surface area contributed by atoms with Crippen molar-refractivity contribution < 1.29 is 4.74 Å². The van der Waals surface area contributed by atoms with E-state index in [-0.39, 0.29) is 6.10 Å². The van der Waals surface area contributed by atoms with Crippen LogP contribution in [-0.4, -0.2) is 49.0 Å². The van der Waals surface area contributed by atoms with Crippen LogP contribution in [0.3, 0.4) is 0 Å². The summed E-state index contributed by atoms with van der Waals surface area (Å²) in [6.07, 6.45) is 0.236. The lowest BCUT2D eigenvalue weighted by Crippen LogP contribution is -2.47. The minimum atomic E-state index is 0.236. The summed E-state index contributed by atoms with van der Waals surface area (Å²) >= 11 is 1.81.